The minimum Gasteiger partial charge on any atom is -0.335 e. The largest absolute Gasteiger partial charge is 0.335 e. The number of hydrogen-bond donors (Lipinski definition) is 2. The van der Waals surface area contributed by atoms with Crippen LogP contribution in [0.25, 0.3) is 0 Å². The Labute approximate surface area is 150 Å². The minimum absolute atomic E-state index is 0.0675. The molecule has 0 radical (unpaired) electrons. The zero-order valence-electron chi connectivity index (χ0n) is 14.9. The number of piperidine rings is 1. The van der Waals surface area contributed by atoms with Gasteiger partial charge in [-0.3, -0.25) is 4.90 Å². The van der Waals surface area contributed by atoms with E-state index < -0.39 is 0 Å². The smallest absolute Gasteiger partial charge is 0.315 e. The molecule has 2 aromatic rings. The summed E-state index contributed by atoms with van der Waals surface area (Å²) in [6.45, 7) is 5.68. The van der Waals surface area contributed by atoms with Gasteiger partial charge in [-0.2, -0.15) is 0 Å². The Bertz CT molecular complexity index is 661. The highest BCUT2D eigenvalue weighted by Crippen LogP contribution is 2.13. The van der Waals surface area contributed by atoms with Gasteiger partial charge in [0, 0.05) is 32.2 Å². The third-order valence-corrected chi connectivity index (χ3v) is 4.75. The van der Waals surface area contributed by atoms with Gasteiger partial charge in [0.15, 0.2) is 0 Å². The normalized spacial score (nSPS) is 15.7. The molecule has 132 valence electrons. The average molecular weight is 337 g/mol. The Morgan fingerprint density at radius 3 is 2.36 bits per heavy atom. The van der Waals surface area contributed by atoms with Gasteiger partial charge >= 0.3 is 6.03 Å². The molecule has 2 amide bonds. The molecule has 0 atom stereocenters. The zero-order valence-corrected chi connectivity index (χ0v) is 14.9. The standard InChI is InChI=1S/C21H27N3O/c1-17-7-9-18(10-8-17)15-22-21(25)23-20-11-13-24(14-12-20)16-19-5-3-2-4-6-19/h2-10,20H,11-16H2,1H3,(H2,22,23,25). The predicted molar refractivity (Wildman–Crippen MR) is 101 cm³/mol. The summed E-state index contributed by atoms with van der Waals surface area (Å²) in [5.74, 6) is 0. The fourth-order valence-corrected chi connectivity index (χ4v) is 3.20. The van der Waals surface area contributed by atoms with Gasteiger partial charge in [-0.1, -0.05) is 60.2 Å². The lowest BCUT2D eigenvalue weighted by molar-refractivity contribution is 0.186. The molecule has 1 saturated heterocycles. The molecule has 0 aliphatic carbocycles. The molecular formula is C21H27N3O. The van der Waals surface area contributed by atoms with Crippen LogP contribution in [-0.2, 0) is 13.1 Å². The summed E-state index contributed by atoms with van der Waals surface area (Å²) in [7, 11) is 0. The lowest BCUT2D eigenvalue weighted by Gasteiger charge is -2.32. The lowest BCUT2D eigenvalue weighted by Crippen LogP contribution is -2.47. The van der Waals surface area contributed by atoms with Crippen LogP contribution in [0.3, 0.4) is 0 Å². The summed E-state index contributed by atoms with van der Waals surface area (Å²) in [5, 5.41) is 6.06. The molecule has 1 aliphatic heterocycles. The first kappa shape index (κ1) is 17.5. The second kappa shape index (κ2) is 8.67. The van der Waals surface area contributed by atoms with Crippen molar-refractivity contribution in [2.24, 2.45) is 0 Å². The van der Waals surface area contributed by atoms with E-state index in [1.54, 1.807) is 0 Å². The van der Waals surface area contributed by atoms with E-state index in [1.165, 1.54) is 11.1 Å². The van der Waals surface area contributed by atoms with E-state index in [4.69, 9.17) is 0 Å². The first-order chi connectivity index (χ1) is 12.2. The molecule has 1 fully saturated rings. The second-order valence-electron chi connectivity index (χ2n) is 6.85. The molecular weight excluding hydrogens is 310 g/mol. The molecule has 4 heteroatoms. The van der Waals surface area contributed by atoms with Crippen molar-refractivity contribution in [3.63, 3.8) is 0 Å². The summed E-state index contributed by atoms with van der Waals surface area (Å²) in [4.78, 5) is 14.5. The summed E-state index contributed by atoms with van der Waals surface area (Å²) in [6.07, 6.45) is 2.01. The van der Waals surface area contributed by atoms with Crippen LogP contribution in [0.4, 0.5) is 4.79 Å². The zero-order chi connectivity index (χ0) is 17.5. The number of likely N-dealkylation sites (tertiary alicyclic amines) is 1. The van der Waals surface area contributed by atoms with E-state index in [1.807, 2.05) is 0 Å². The summed E-state index contributed by atoms with van der Waals surface area (Å²) < 4.78 is 0. The maximum Gasteiger partial charge on any atom is 0.315 e. The van der Waals surface area contributed by atoms with E-state index >= 15 is 0 Å². The number of carbonyl (C=O) groups is 1. The molecule has 1 heterocycles. The number of rotatable bonds is 5. The predicted octanol–water partition coefficient (Wildman–Crippen LogP) is 3.46. The van der Waals surface area contributed by atoms with Crippen molar-refractivity contribution in [2.75, 3.05) is 13.1 Å². The van der Waals surface area contributed by atoms with Crippen LogP contribution in [0.15, 0.2) is 54.6 Å². The Morgan fingerprint density at radius 1 is 1.00 bits per heavy atom. The average Bonchev–Trinajstić information content (AvgIpc) is 2.64. The van der Waals surface area contributed by atoms with Gasteiger partial charge in [0.1, 0.15) is 0 Å². The summed E-state index contributed by atoms with van der Waals surface area (Å²) >= 11 is 0. The second-order valence-corrected chi connectivity index (χ2v) is 6.85. The van der Waals surface area contributed by atoms with E-state index in [-0.39, 0.29) is 12.1 Å². The molecule has 0 aromatic heterocycles. The van der Waals surface area contributed by atoms with Gasteiger partial charge in [-0.05, 0) is 30.9 Å². The van der Waals surface area contributed by atoms with Crippen molar-refractivity contribution in [3.05, 3.63) is 71.3 Å². The van der Waals surface area contributed by atoms with E-state index in [0.717, 1.165) is 38.0 Å². The van der Waals surface area contributed by atoms with Crippen LogP contribution in [0, 0.1) is 6.92 Å². The quantitative estimate of drug-likeness (QED) is 0.877. The van der Waals surface area contributed by atoms with Crippen molar-refractivity contribution in [3.8, 4) is 0 Å². The maximum atomic E-state index is 12.1. The van der Waals surface area contributed by atoms with Crippen molar-refractivity contribution in [1.29, 1.82) is 0 Å². The molecule has 0 spiro atoms. The van der Waals surface area contributed by atoms with Crippen molar-refractivity contribution in [1.82, 2.24) is 15.5 Å². The lowest BCUT2D eigenvalue weighted by atomic mass is 10.0. The number of urea groups is 1. The van der Waals surface area contributed by atoms with E-state index in [0.29, 0.717) is 6.54 Å². The molecule has 25 heavy (non-hydrogen) atoms. The van der Waals surface area contributed by atoms with Gasteiger partial charge in [0.2, 0.25) is 0 Å². The highest BCUT2D eigenvalue weighted by atomic mass is 16.2. The van der Waals surface area contributed by atoms with Crippen LogP contribution >= 0.6 is 0 Å². The number of hydrogen-bond acceptors (Lipinski definition) is 2. The van der Waals surface area contributed by atoms with Gasteiger partial charge in [-0.15, -0.1) is 0 Å². The molecule has 1 aliphatic rings. The molecule has 0 bridgehead atoms. The first-order valence-corrected chi connectivity index (χ1v) is 9.05. The van der Waals surface area contributed by atoms with Crippen LogP contribution < -0.4 is 10.6 Å². The van der Waals surface area contributed by atoms with Crippen molar-refractivity contribution in [2.45, 2.75) is 38.9 Å². The Hall–Kier alpha value is -2.33. The van der Waals surface area contributed by atoms with E-state index in [2.05, 4.69) is 77.1 Å². The van der Waals surface area contributed by atoms with E-state index in [9.17, 15) is 4.79 Å². The molecule has 2 aromatic carbocycles. The van der Waals surface area contributed by atoms with Crippen molar-refractivity contribution < 1.29 is 4.79 Å². The van der Waals surface area contributed by atoms with Crippen molar-refractivity contribution >= 4 is 6.03 Å². The number of nitrogens with zero attached hydrogens (tertiary/aromatic N) is 1. The van der Waals surface area contributed by atoms with Gasteiger partial charge in [0.05, 0.1) is 0 Å². The molecule has 0 unspecified atom stereocenters. The van der Waals surface area contributed by atoms with Gasteiger partial charge in [-0.25, -0.2) is 4.79 Å². The van der Waals surface area contributed by atoms with Gasteiger partial charge < -0.3 is 10.6 Å². The number of nitrogens with one attached hydrogen (secondary N) is 2. The number of benzene rings is 2. The van der Waals surface area contributed by atoms with Crippen LogP contribution in [0.2, 0.25) is 0 Å². The number of amides is 2. The fraction of sp³-hybridized carbons (Fsp3) is 0.381. The maximum absolute atomic E-state index is 12.1. The third kappa shape index (κ3) is 5.61. The molecule has 3 rings (SSSR count). The Balaban J connectivity index is 1.36. The number of aryl methyl sites for hydroxylation is 1. The Kier molecular flexibility index (Phi) is 6.07. The highest BCUT2D eigenvalue weighted by Gasteiger charge is 2.20. The third-order valence-electron chi connectivity index (χ3n) is 4.75. The number of carbonyl (C=O) groups excluding carboxylic acids is 1. The monoisotopic (exact) mass is 337 g/mol. The SMILES string of the molecule is Cc1ccc(CNC(=O)NC2CCN(Cc3ccccc3)CC2)cc1. The first-order valence-electron chi connectivity index (χ1n) is 9.05. The molecule has 2 N–H and O–H groups in total. The highest BCUT2D eigenvalue weighted by molar-refractivity contribution is 5.74. The fourth-order valence-electron chi connectivity index (χ4n) is 3.20. The van der Waals surface area contributed by atoms with Crippen LogP contribution in [-0.4, -0.2) is 30.1 Å². The minimum atomic E-state index is -0.0675. The van der Waals surface area contributed by atoms with Crippen LogP contribution in [0.1, 0.15) is 29.5 Å². The van der Waals surface area contributed by atoms with Crippen LogP contribution in [0.5, 0.6) is 0 Å². The topological polar surface area (TPSA) is 44.4 Å². The summed E-state index contributed by atoms with van der Waals surface area (Å²) in [5.41, 5.74) is 3.71. The summed E-state index contributed by atoms with van der Waals surface area (Å²) in [6, 6.07) is 19.0. The Morgan fingerprint density at radius 2 is 1.68 bits per heavy atom. The molecule has 4 nitrogen and oxygen atoms in total. The molecule has 0 saturated carbocycles. The van der Waals surface area contributed by atoms with Gasteiger partial charge in [0.25, 0.3) is 0 Å².